The van der Waals surface area contributed by atoms with Crippen molar-refractivity contribution in [2.75, 3.05) is 6.54 Å². The van der Waals surface area contributed by atoms with Crippen LogP contribution >= 0.6 is 0 Å². The first kappa shape index (κ1) is 17.1. The lowest BCUT2D eigenvalue weighted by atomic mass is 10.3. The first-order valence-electron chi connectivity index (χ1n) is 8.08. The van der Waals surface area contributed by atoms with Crippen LogP contribution in [0.3, 0.4) is 0 Å². The van der Waals surface area contributed by atoms with Gasteiger partial charge in [-0.2, -0.15) is 0 Å². The van der Waals surface area contributed by atoms with Gasteiger partial charge in [-0.15, -0.1) is 10.2 Å². The van der Waals surface area contributed by atoms with E-state index in [-0.39, 0.29) is 0 Å². The van der Waals surface area contributed by atoms with Crippen molar-refractivity contribution in [3.8, 4) is 0 Å². The van der Waals surface area contributed by atoms with Crippen molar-refractivity contribution < 1.29 is 0 Å². The zero-order valence-corrected chi connectivity index (χ0v) is 14.5. The normalized spacial score (nSPS) is 11.7. The third-order valence-electron chi connectivity index (χ3n) is 3.73. The van der Waals surface area contributed by atoms with E-state index in [1.165, 1.54) is 5.56 Å². The highest BCUT2D eigenvalue weighted by atomic mass is 15.3. The third-order valence-corrected chi connectivity index (χ3v) is 3.73. The highest BCUT2D eigenvalue weighted by Crippen LogP contribution is 2.01. The Morgan fingerprint density at radius 1 is 1.26 bits per heavy atom. The number of hydrogen-bond donors (Lipinski definition) is 2. The van der Waals surface area contributed by atoms with E-state index in [9.17, 15) is 0 Å². The molecule has 0 aliphatic rings. The molecule has 7 nitrogen and oxygen atoms in total. The summed E-state index contributed by atoms with van der Waals surface area (Å²) in [6, 6.07) is 2.08. The quantitative estimate of drug-likeness (QED) is 0.461. The van der Waals surface area contributed by atoms with Gasteiger partial charge in [0.2, 0.25) is 0 Å². The standard InChI is InChI=1S/C16H27N7/c1-5-6-8-17-16(18-10-14-7-9-22(3)12-14)19-11-15-21-20-13(2)23(15)4/h7,9,12H,5-6,8,10-11H2,1-4H3,(H2,17,18,19). The second kappa shape index (κ2) is 8.36. The zero-order chi connectivity index (χ0) is 16.7. The predicted octanol–water partition coefficient (Wildman–Crippen LogP) is 1.50. The van der Waals surface area contributed by atoms with Crippen LogP contribution in [-0.4, -0.2) is 31.8 Å². The lowest BCUT2D eigenvalue weighted by Crippen LogP contribution is -2.38. The van der Waals surface area contributed by atoms with Gasteiger partial charge in [0.15, 0.2) is 11.8 Å². The van der Waals surface area contributed by atoms with Crippen LogP contribution < -0.4 is 10.6 Å². The van der Waals surface area contributed by atoms with Crippen LogP contribution in [0.2, 0.25) is 0 Å². The smallest absolute Gasteiger partial charge is 0.191 e. The van der Waals surface area contributed by atoms with E-state index in [2.05, 4.69) is 45.0 Å². The molecule has 0 fully saturated rings. The highest BCUT2D eigenvalue weighted by Gasteiger charge is 2.06. The fourth-order valence-electron chi connectivity index (χ4n) is 2.15. The maximum absolute atomic E-state index is 4.65. The number of aliphatic imine (C=N–C) groups is 1. The van der Waals surface area contributed by atoms with Crippen molar-refractivity contribution in [2.24, 2.45) is 19.1 Å². The average Bonchev–Trinajstić information content (AvgIpc) is 3.09. The molecule has 2 rings (SSSR count). The van der Waals surface area contributed by atoms with Crippen LogP contribution in [0.1, 0.15) is 37.0 Å². The molecule has 0 radical (unpaired) electrons. The van der Waals surface area contributed by atoms with Gasteiger partial charge < -0.3 is 19.8 Å². The summed E-state index contributed by atoms with van der Waals surface area (Å²) in [5.74, 6) is 2.61. The molecule has 0 atom stereocenters. The Morgan fingerprint density at radius 3 is 2.70 bits per heavy atom. The minimum Gasteiger partial charge on any atom is -0.357 e. The van der Waals surface area contributed by atoms with E-state index in [4.69, 9.17) is 0 Å². The van der Waals surface area contributed by atoms with Gasteiger partial charge in [0.25, 0.3) is 0 Å². The van der Waals surface area contributed by atoms with Crippen LogP contribution in [0.25, 0.3) is 0 Å². The molecule has 0 amide bonds. The van der Waals surface area contributed by atoms with Crippen molar-refractivity contribution in [1.29, 1.82) is 0 Å². The van der Waals surface area contributed by atoms with Gasteiger partial charge in [0.05, 0.1) is 13.1 Å². The third kappa shape index (κ3) is 5.12. The minimum absolute atomic E-state index is 0.601. The molecule has 0 aliphatic carbocycles. The van der Waals surface area contributed by atoms with Crippen LogP contribution in [0, 0.1) is 6.92 Å². The number of guanidine groups is 1. The number of rotatable bonds is 7. The molecule has 7 heteroatoms. The van der Waals surface area contributed by atoms with Crippen molar-refractivity contribution >= 4 is 5.96 Å². The van der Waals surface area contributed by atoms with Gasteiger partial charge in [-0.3, -0.25) is 0 Å². The summed E-state index contributed by atoms with van der Waals surface area (Å²) in [5, 5.41) is 14.9. The summed E-state index contributed by atoms with van der Waals surface area (Å²) in [5.41, 5.74) is 1.19. The van der Waals surface area contributed by atoms with Crippen LogP contribution in [-0.2, 0) is 27.2 Å². The molecular weight excluding hydrogens is 290 g/mol. The Bertz CT molecular complexity index is 639. The summed E-state index contributed by atoms with van der Waals surface area (Å²) in [7, 11) is 3.99. The van der Waals surface area contributed by atoms with Gasteiger partial charge in [-0.25, -0.2) is 4.99 Å². The first-order chi connectivity index (χ1) is 11.1. The van der Waals surface area contributed by atoms with Gasteiger partial charge in [-0.1, -0.05) is 13.3 Å². The number of aromatic nitrogens is 4. The molecule has 0 aliphatic heterocycles. The SMILES string of the molecule is CCCCNC(=NCc1ccn(C)c1)NCc1nnc(C)n1C. The molecule has 0 aromatic carbocycles. The molecule has 2 heterocycles. The molecule has 0 spiro atoms. The van der Waals surface area contributed by atoms with E-state index in [0.29, 0.717) is 13.1 Å². The maximum atomic E-state index is 4.65. The van der Waals surface area contributed by atoms with E-state index in [1.54, 1.807) is 0 Å². The van der Waals surface area contributed by atoms with E-state index >= 15 is 0 Å². The molecule has 23 heavy (non-hydrogen) atoms. The van der Waals surface area contributed by atoms with Crippen molar-refractivity contribution in [3.05, 3.63) is 35.7 Å². The molecular formula is C16H27N7. The Labute approximate surface area is 137 Å². The lowest BCUT2D eigenvalue weighted by Gasteiger charge is -2.12. The Hall–Kier alpha value is -2.31. The molecule has 0 unspecified atom stereocenters. The predicted molar refractivity (Wildman–Crippen MR) is 92.0 cm³/mol. The van der Waals surface area contributed by atoms with Gasteiger partial charge >= 0.3 is 0 Å². The Balaban J connectivity index is 1.96. The number of hydrogen-bond acceptors (Lipinski definition) is 3. The number of aryl methyl sites for hydroxylation is 2. The second-order valence-electron chi connectivity index (χ2n) is 5.71. The average molecular weight is 317 g/mol. The lowest BCUT2D eigenvalue weighted by molar-refractivity contribution is 0.695. The van der Waals surface area contributed by atoms with E-state index < -0.39 is 0 Å². The summed E-state index contributed by atoms with van der Waals surface area (Å²) >= 11 is 0. The number of nitrogens with one attached hydrogen (secondary N) is 2. The van der Waals surface area contributed by atoms with Crippen LogP contribution in [0.5, 0.6) is 0 Å². The number of unbranched alkanes of at least 4 members (excludes halogenated alkanes) is 1. The fraction of sp³-hybridized carbons (Fsp3) is 0.562. The van der Waals surface area contributed by atoms with E-state index in [0.717, 1.165) is 37.0 Å². The van der Waals surface area contributed by atoms with E-state index in [1.807, 2.05) is 36.4 Å². The van der Waals surface area contributed by atoms with Crippen LogP contribution in [0.4, 0.5) is 0 Å². The molecule has 0 bridgehead atoms. The fourth-order valence-corrected chi connectivity index (χ4v) is 2.15. The highest BCUT2D eigenvalue weighted by molar-refractivity contribution is 5.79. The molecule has 0 saturated heterocycles. The summed E-state index contributed by atoms with van der Waals surface area (Å²) in [4.78, 5) is 4.65. The first-order valence-corrected chi connectivity index (χ1v) is 8.08. The largest absolute Gasteiger partial charge is 0.357 e. The molecule has 2 aromatic rings. The summed E-state index contributed by atoms with van der Waals surface area (Å²) in [6.45, 7) is 6.29. The zero-order valence-electron chi connectivity index (χ0n) is 14.5. The number of nitrogens with zero attached hydrogens (tertiary/aromatic N) is 5. The second-order valence-corrected chi connectivity index (χ2v) is 5.71. The monoisotopic (exact) mass is 317 g/mol. The van der Waals surface area contributed by atoms with Gasteiger partial charge in [0, 0.05) is 33.0 Å². The maximum Gasteiger partial charge on any atom is 0.191 e. The molecule has 2 aromatic heterocycles. The topological polar surface area (TPSA) is 72.1 Å². The van der Waals surface area contributed by atoms with Crippen molar-refractivity contribution in [2.45, 2.75) is 39.8 Å². The Kier molecular flexibility index (Phi) is 6.19. The summed E-state index contributed by atoms with van der Waals surface area (Å²) < 4.78 is 4.01. The Morgan fingerprint density at radius 2 is 2.09 bits per heavy atom. The van der Waals surface area contributed by atoms with Crippen LogP contribution in [0.15, 0.2) is 23.5 Å². The summed E-state index contributed by atoms with van der Waals surface area (Å²) in [6.07, 6.45) is 6.39. The molecule has 0 saturated carbocycles. The van der Waals surface area contributed by atoms with Gasteiger partial charge in [-0.05, 0) is 25.0 Å². The molecule has 126 valence electrons. The molecule has 2 N–H and O–H groups in total. The van der Waals surface area contributed by atoms with Gasteiger partial charge in [0.1, 0.15) is 5.82 Å². The van der Waals surface area contributed by atoms with Crippen molar-refractivity contribution in [3.63, 3.8) is 0 Å². The minimum atomic E-state index is 0.601. The van der Waals surface area contributed by atoms with Crippen molar-refractivity contribution in [1.82, 2.24) is 30.0 Å².